The number of nitro benzene ring substituents is 1. The minimum absolute atomic E-state index is 0.0671. The van der Waals surface area contributed by atoms with Crippen LogP contribution in [0.2, 0.25) is 0 Å². The van der Waals surface area contributed by atoms with E-state index in [-0.39, 0.29) is 23.8 Å². The van der Waals surface area contributed by atoms with Crippen molar-refractivity contribution in [2.75, 3.05) is 18.1 Å². The van der Waals surface area contributed by atoms with Gasteiger partial charge in [0.15, 0.2) is 6.61 Å². The van der Waals surface area contributed by atoms with Gasteiger partial charge in [0, 0.05) is 23.9 Å². The zero-order chi connectivity index (χ0) is 18.7. The molecular weight excluding hydrogens is 336 g/mol. The van der Waals surface area contributed by atoms with Crippen LogP contribution in [-0.4, -0.2) is 30.0 Å². The Kier molecular flexibility index (Phi) is 4.97. The van der Waals surface area contributed by atoms with Crippen LogP contribution in [-0.2, 0) is 16.0 Å². The first-order valence-corrected chi connectivity index (χ1v) is 8.28. The molecule has 7 heteroatoms. The molecule has 3 rings (SSSR count). The second kappa shape index (κ2) is 7.35. The fourth-order valence-corrected chi connectivity index (χ4v) is 3.07. The van der Waals surface area contributed by atoms with Crippen molar-refractivity contribution in [1.29, 1.82) is 0 Å². The Bertz CT molecular complexity index is 878. The van der Waals surface area contributed by atoms with Crippen LogP contribution < -0.4 is 4.90 Å². The van der Waals surface area contributed by atoms with Gasteiger partial charge in [-0.15, -0.1) is 0 Å². The van der Waals surface area contributed by atoms with Gasteiger partial charge in [-0.1, -0.05) is 18.2 Å². The van der Waals surface area contributed by atoms with Gasteiger partial charge in [-0.3, -0.25) is 14.9 Å². The van der Waals surface area contributed by atoms with Gasteiger partial charge in [-0.05, 0) is 43.5 Å². The Morgan fingerprint density at radius 2 is 2.00 bits per heavy atom. The topological polar surface area (TPSA) is 89.8 Å². The molecule has 2 aromatic rings. The Labute approximate surface area is 150 Å². The first kappa shape index (κ1) is 17.6. The number of benzene rings is 2. The van der Waals surface area contributed by atoms with Crippen molar-refractivity contribution in [3.8, 4) is 0 Å². The second-order valence-electron chi connectivity index (χ2n) is 6.11. The molecule has 134 valence electrons. The maximum Gasteiger partial charge on any atom is 0.338 e. The maximum atomic E-state index is 12.5. The van der Waals surface area contributed by atoms with E-state index in [4.69, 9.17) is 4.74 Å². The molecule has 0 fully saturated rings. The monoisotopic (exact) mass is 354 g/mol. The third-order valence-corrected chi connectivity index (χ3v) is 4.37. The predicted molar refractivity (Wildman–Crippen MR) is 95.2 cm³/mol. The van der Waals surface area contributed by atoms with Gasteiger partial charge in [0.25, 0.3) is 11.6 Å². The number of carbonyl (C=O) groups excluding carboxylic acids is 2. The number of nitro groups is 1. The van der Waals surface area contributed by atoms with Gasteiger partial charge >= 0.3 is 5.97 Å². The quantitative estimate of drug-likeness (QED) is 0.478. The summed E-state index contributed by atoms with van der Waals surface area (Å²) in [5.74, 6) is -0.967. The van der Waals surface area contributed by atoms with E-state index in [0.717, 1.165) is 24.1 Å². The Morgan fingerprint density at radius 1 is 1.23 bits per heavy atom. The number of ether oxygens (including phenoxy) is 1. The molecule has 0 saturated heterocycles. The van der Waals surface area contributed by atoms with Gasteiger partial charge in [-0.25, -0.2) is 4.79 Å². The summed E-state index contributed by atoms with van der Waals surface area (Å²) in [5, 5.41) is 10.8. The highest BCUT2D eigenvalue weighted by molar-refractivity contribution is 5.98. The third kappa shape index (κ3) is 3.56. The number of esters is 1. The Hall–Kier alpha value is -3.22. The molecule has 0 radical (unpaired) electrons. The molecule has 0 unspecified atom stereocenters. The molecule has 1 aliphatic heterocycles. The molecule has 7 nitrogen and oxygen atoms in total. The standard InChI is InChI=1S/C19H18N2O5/c1-13-11-15(8-9-16(13)21(24)25)19(23)26-12-18(22)20-10-4-6-14-5-2-3-7-17(14)20/h2-3,5,7-9,11H,4,6,10,12H2,1H3. The fourth-order valence-electron chi connectivity index (χ4n) is 3.07. The zero-order valence-corrected chi connectivity index (χ0v) is 14.3. The molecular formula is C19H18N2O5. The van der Waals surface area contributed by atoms with Crippen molar-refractivity contribution in [2.45, 2.75) is 19.8 Å². The predicted octanol–water partition coefficient (Wildman–Crippen LogP) is 3.04. The van der Waals surface area contributed by atoms with Crippen molar-refractivity contribution < 1.29 is 19.2 Å². The summed E-state index contributed by atoms with van der Waals surface area (Å²) in [6.45, 7) is 1.76. The van der Waals surface area contributed by atoms with Crippen LogP contribution >= 0.6 is 0 Å². The van der Waals surface area contributed by atoms with Crippen molar-refractivity contribution in [3.05, 3.63) is 69.3 Å². The molecule has 1 amide bonds. The largest absolute Gasteiger partial charge is 0.452 e. The number of nitrogens with zero attached hydrogens (tertiary/aromatic N) is 2. The SMILES string of the molecule is Cc1cc(C(=O)OCC(=O)N2CCCc3ccccc32)ccc1[N+](=O)[O-]. The molecule has 0 N–H and O–H groups in total. The van der Waals surface area contributed by atoms with Gasteiger partial charge in [0.2, 0.25) is 0 Å². The molecule has 1 heterocycles. The lowest BCUT2D eigenvalue weighted by molar-refractivity contribution is -0.385. The molecule has 0 saturated carbocycles. The highest BCUT2D eigenvalue weighted by Gasteiger charge is 2.23. The number of aryl methyl sites for hydroxylation is 2. The van der Waals surface area contributed by atoms with Crippen molar-refractivity contribution in [1.82, 2.24) is 0 Å². The number of amides is 1. The van der Waals surface area contributed by atoms with E-state index in [2.05, 4.69) is 0 Å². The summed E-state index contributed by atoms with van der Waals surface area (Å²) >= 11 is 0. The number of anilines is 1. The molecule has 0 aliphatic carbocycles. The van der Waals surface area contributed by atoms with Crippen LogP contribution in [0, 0.1) is 17.0 Å². The summed E-state index contributed by atoms with van der Waals surface area (Å²) in [6, 6.07) is 11.7. The van der Waals surface area contributed by atoms with Crippen LogP contribution in [0.15, 0.2) is 42.5 Å². The van der Waals surface area contributed by atoms with E-state index in [1.165, 1.54) is 18.2 Å². The van der Waals surface area contributed by atoms with E-state index in [9.17, 15) is 19.7 Å². The van der Waals surface area contributed by atoms with Gasteiger partial charge in [0.1, 0.15) is 0 Å². The molecule has 0 bridgehead atoms. The molecule has 0 spiro atoms. The van der Waals surface area contributed by atoms with Gasteiger partial charge in [0.05, 0.1) is 10.5 Å². The number of rotatable bonds is 4. The minimum Gasteiger partial charge on any atom is -0.452 e. The normalized spacial score (nSPS) is 13.0. The third-order valence-electron chi connectivity index (χ3n) is 4.37. The van der Waals surface area contributed by atoms with Crippen molar-refractivity contribution in [2.24, 2.45) is 0 Å². The molecule has 2 aromatic carbocycles. The summed E-state index contributed by atoms with van der Waals surface area (Å²) in [6.07, 6.45) is 1.78. The average Bonchev–Trinajstić information content (AvgIpc) is 2.65. The van der Waals surface area contributed by atoms with E-state index in [1.807, 2.05) is 24.3 Å². The van der Waals surface area contributed by atoms with E-state index in [0.29, 0.717) is 12.1 Å². The van der Waals surface area contributed by atoms with Crippen LogP contribution in [0.4, 0.5) is 11.4 Å². The highest BCUT2D eigenvalue weighted by atomic mass is 16.6. The Morgan fingerprint density at radius 3 is 2.73 bits per heavy atom. The van der Waals surface area contributed by atoms with Crippen LogP contribution in [0.25, 0.3) is 0 Å². The lowest BCUT2D eigenvalue weighted by atomic mass is 10.0. The van der Waals surface area contributed by atoms with Crippen molar-refractivity contribution in [3.63, 3.8) is 0 Å². The van der Waals surface area contributed by atoms with Crippen LogP contribution in [0.1, 0.15) is 27.9 Å². The number of para-hydroxylation sites is 1. The first-order valence-electron chi connectivity index (χ1n) is 8.28. The van der Waals surface area contributed by atoms with Crippen molar-refractivity contribution >= 4 is 23.3 Å². The summed E-state index contributed by atoms with van der Waals surface area (Å²) in [7, 11) is 0. The lowest BCUT2D eigenvalue weighted by Gasteiger charge is -2.29. The van der Waals surface area contributed by atoms with E-state index < -0.39 is 10.9 Å². The van der Waals surface area contributed by atoms with Crippen LogP contribution in [0.3, 0.4) is 0 Å². The number of hydrogen-bond acceptors (Lipinski definition) is 5. The number of carbonyl (C=O) groups is 2. The maximum absolute atomic E-state index is 12.5. The zero-order valence-electron chi connectivity index (χ0n) is 14.3. The first-order chi connectivity index (χ1) is 12.5. The van der Waals surface area contributed by atoms with Gasteiger partial charge < -0.3 is 9.64 Å². The molecule has 0 atom stereocenters. The summed E-state index contributed by atoms with van der Waals surface area (Å²) in [5.41, 5.74) is 2.43. The smallest absolute Gasteiger partial charge is 0.338 e. The summed E-state index contributed by atoms with van der Waals surface area (Å²) < 4.78 is 5.11. The highest BCUT2D eigenvalue weighted by Crippen LogP contribution is 2.26. The van der Waals surface area contributed by atoms with E-state index >= 15 is 0 Å². The van der Waals surface area contributed by atoms with E-state index in [1.54, 1.807) is 11.8 Å². The molecule has 1 aliphatic rings. The lowest BCUT2D eigenvalue weighted by Crippen LogP contribution is -2.38. The summed E-state index contributed by atoms with van der Waals surface area (Å²) in [4.78, 5) is 36.6. The van der Waals surface area contributed by atoms with Gasteiger partial charge in [-0.2, -0.15) is 0 Å². The second-order valence-corrected chi connectivity index (χ2v) is 6.11. The number of hydrogen-bond donors (Lipinski definition) is 0. The molecule has 0 aromatic heterocycles. The fraction of sp³-hybridized carbons (Fsp3) is 0.263. The average molecular weight is 354 g/mol. The number of fused-ring (bicyclic) bond motifs is 1. The Balaban J connectivity index is 1.66. The molecule has 26 heavy (non-hydrogen) atoms. The van der Waals surface area contributed by atoms with Crippen LogP contribution in [0.5, 0.6) is 0 Å². The minimum atomic E-state index is -0.679.